The van der Waals surface area contributed by atoms with Crippen molar-refractivity contribution in [2.45, 2.75) is 19.4 Å². The standard InChI is InChI=1S/C12H17NO2.ClH/c1-9(13-2)7-10-3-4-11-12(8-10)15-6-5-14-11;/h3-4,8-9,13H,5-7H2,1-2H3;1H. The van der Waals surface area contributed by atoms with E-state index in [9.17, 15) is 0 Å². The largest absolute Gasteiger partial charge is 0.486 e. The van der Waals surface area contributed by atoms with E-state index in [1.54, 1.807) is 0 Å². The van der Waals surface area contributed by atoms with Crippen LogP contribution in [0.5, 0.6) is 11.5 Å². The fourth-order valence-corrected chi connectivity index (χ4v) is 1.67. The van der Waals surface area contributed by atoms with Crippen molar-refractivity contribution < 1.29 is 9.47 Å². The lowest BCUT2D eigenvalue weighted by atomic mass is 10.1. The molecule has 0 saturated heterocycles. The Morgan fingerprint density at radius 1 is 1.25 bits per heavy atom. The maximum Gasteiger partial charge on any atom is 0.161 e. The number of hydrogen-bond acceptors (Lipinski definition) is 3. The first-order chi connectivity index (χ1) is 7.29. The van der Waals surface area contributed by atoms with E-state index in [0.717, 1.165) is 17.9 Å². The zero-order chi connectivity index (χ0) is 10.7. The van der Waals surface area contributed by atoms with Crippen molar-refractivity contribution >= 4 is 12.4 Å². The highest BCUT2D eigenvalue weighted by atomic mass is 35.5. The second-order valence-corrected chi connectivity index (χ2v) is 3.87. The molecule has 1 aromatic rings. The first kappa shape index (κ1) is 13.1. The third kappa shape index (κ3) is 3.03. The van der Waals surface area contributed by atoms with Crippen LogP contribution in [-0.4, -0.2) is 26.3 Å². The second-order valence-electron chi connectivity index (χ2n) is 3.87. The normalized spacial score (nSPS) is 15.1. The Hall–Kier alpha value is -0.930. The van der Waals surface area contributed by atoms with E-state index >= 15 is 0 Å². The second kappa shape index (κ2) is 5.97. The van der Waals surface area contributed by atoms with Gasteiger partial charge in [0.25, 0.3) is 0 Å². The molecule has 0 bridgehead atoms. The Morgan fingerprint density at radius 3 is 2.62 bits per heavy atom. The molecule has 1 N–H and O–H groups in total. The summed E-state index contributed by atoms with van der Waals surface area (Å²) in [5.74, 6) is 1.74. The van der Waals surface area contributed by atoms with E-state index < -0.39 is 0 Å². The van der Waals surface area contributed by atoms with Crippen LogP contribution >= 0.6 is 12.4 Å². The third-order valence-corrected chi connectivity index (χ3v) is 2.64. The van der Waals surface area contributed by atoms with Crippen molar-refractivity contribution in [3.63, 3.8) is 0 Å². The Labute approximate surface area is 103 Å². The summed E-state index contributed by atoms with van der Waals surface area (Å²) in [6.45, 7) is 3.47. The molecule has 1 unspecified atom stereocenters. The molecule has 1 aliphatic rings. The first-order valence-electron chi connectivity index (χ1n) is 5.35. The number of ether oxygens (including phenoxy) is 2. The minimum atomic E-state index is 0. The lowest BCUT2D eigenvalue weighted by Gasteiger charge is -2.19. The van der Waals surface area contributed by atoms with Crippen LogP contribution < -0.4 is 14.8 Å². The third-order valence-electron chi connectivity index (χ3n) is 2.64. The highest BCUT2D eigenvalue weighted by molar-refractivity contribution is 5.85. The number of hydrogen-bond donors (Lipinski definition) is 1. The quantitative estimate of drug-likeness (QED) is 0.881. The van der Waals surface area contributed by atoms with Crippen molar-refractivity contribution in [3.05, 3.63) is 23.8 Å². The number of nitrogens with one attached hydrogen (secondary N) is 1. The Kier molecular flexibility index (Phi) is 4.90. The van der Waals surface area contributed by atoms with Gasteiger partial charge in [-0.15, -0.1) is 12.4 Å². The number of benzene rings is 1. The molecule has 3 nitrogen and oxygen atoms in total. The van der Waals surface area contributed by atoms with Gasteiger partial charge in [-0.3, -0.25) is 0 Å². The maximum absolute atomic E-state index is 5.53. The topological polar surface area (TPSA) is 30.5 Å². The molecule has 4 heteroatoms. The van der Waals surface area contributed by atoms with Crippen molar-refractivity contribution in [3.8, 4) is 11.5 Å². The van der Waals surface area contributed by atoms with E-state index in [1.165, 1.54) is 5.56 Å². The van der Waals surface area contributed by atoms with Gasteiger partial charge in [0.2, 0.25) is 0 Å². The monoisotopic (exact) mass is 243 g/mol. The fourth-order valence-electron chi connectivity index (χ4n) is 1.67. The van der Waals surface area contributed by atoms with Gasteiger partial charge in [-0.25, -0.2) is 0 Å². The molecule has 1 aliphatic heterocycles. The summed E-state index contributed by atoms with van der Waals surface area (Å²) >= 11 is 0. The molecule has 0 radical (unpaired) electrons. The molecule has 0 saturated carbocycles. The summed E-state index contributed by atoms with van der Waals surface area (Å²) in [5.41, 5.74) is 1.28. The van der Waals surface area contributed by atoms with E-state index in [-0.39, 0.29) is 12.4 Å². The molecule has 0 aliphatic carbocycles. The predicted octanol–water partition coefficient (Wildman–Crippen LogP) is 2.03. The highest BCUT2D eigenvalue weighted by Gasteiger charge is 2.12. The number of rotatable bonds is 3. The Morgan fingerprint density at radius 2 is 1.94 bits per heavy atom. The zero-order valence-electron chi connectivity index (χ0n) is 9.66. The van der Waals surface area contributed by atoms with Gasteiger partial charge in [0.1, 0.15) is 13.2 Å². The van der Waals surface area contributed by atoms with Crippen LogP contribution in [-0.2, 0) is 6.42 Å². The molecular weight excluding hydrogens is 226 g/mol. The lowest BCUT2D eigenvalue weighted by Crippen LogP contribution is -2.23. The summed E-state index contributed by atoms with van der Waals surface area (Å²) in [7, 11) is 1.97. The van der Waals surface area contributed by atoms with Crippen molar-refractivity contribution in [1.29, 1.82) is 0 Å². The van der Waals surface area contributed by atoms with Crippen molar-refractivity contribution in [2.75, 3.05) is 20.3 Å². The van der Waals surface area contributed by atoms with Crippen LogP contribution in [0.3, 0.4) is 0 Å². The van der Waals surface area contributed by atoms with Gasteiger partial charge < -0.3 is 14.8 Å². The smallest absolute Gasteiger partial charge is 0.161 e. The minimum Gasteiger partial charge on any atom is -0.486 e. The van der Waals surface area contributed by atoms with Gasteiger partial charge in [-0.2, -0.15) is 0 Å². The Bertz CT molecular complexity index is 344. The Balaban J connectivity index is 0.00000128. The minimum absolute atomic E-state index is 0. The van der Waals surface area contributed by atoms with E-state index in [1.807, 2.05) is 13.1 Å². The molecule has 0 fully saturated rings. The number of likely N-dealkylation sites (N-methyl/N-ethyl adjacent to an activating group) is 1. The maximum atomic E-state index is 5.53. The van der Waals surface area contributed by atoms with Crippen molar-refractivity contribution in [1.82, 2.24) is 5.32 Å². The van der Waals surface area contributed by atoms with Gasteiger partial charge in [0, 0.05) is 6.04 Å². The predicted molar refractivity (Wildman–Crippen MR) is 66.9 cm³/mol. The molecule has 1 atom stereocenters. The summed E-state index contributed by atoms with van der Waals surface area (Å²) in [6, 6.07) is 6.64. The molecule has 1 heterocycles. The van der Waals surface area contributed by atoms with E-state index in [2.05, 4.69) is 24.4 Å². The number of fused-ring (bicyclic) bond motifs is 1. The average Bonchev–Trinajstić information content (AvgIpc) is 2.29. The SMILES string of the molecule is CNC(C)Cc1ccc2c(c1)OCCO2.Cl. The molecule has 0 spiro atoms. The van der Waals surface area contributed by atoms with Gasteiger partial charge in [0.05, 0.1) is 0 Å². The van der Waals surface area contributed by atoms with E-state index in [4.69, 9.17) is 9.47 Å². The average molecular weight is 244 g/mol. The van der Waals surface area contributed by atoms with Gasteiger partial charge in [-0.1, -0.05) is 6.07 Å². The molecule has 2 rings (SSSR count). The van der Waals surface area contributed by atoms with Crippen LogP contribution in [0.4, 0.5) is 0 Å². The van der Waals surface area contributed by atoms with Crippen LogP contribution in [0.25, 0.3) is 0 Å². The van der Waals surface area contributed by atoms with E-state index in [0.29, 0.717) is 19.3 Å². The summed E-state index contributed by atoms with van der Waals surface area (Å²) in [5, 5.41) is 3.22. The highest BCUT2D eigenvalue weighted by Crippen LogP contribution is 2.30. The van der Waals surface area contributed by atoms with Gasteiger partial charge >= 0.3 is 0 Å². The lowest BCUT2D eigenvalue weighted by molar-refractivity contribution is 0.171. The van der Waals surface area contributed by atoms with Crippen LogP contribution in [0.2, 0.25) is 0 Å². The van der Waals surface area contributed by atoms with Gasteiger partial charge in [0.15, 0.2) is 11.5 Å². The number of halogens is 1. The van der Waals surface area contributed by atoms with Crippen molar-refractivity contribution in [2.24, 2.45) is 0 Å². The van der Waals surface area contributed by atoms with Crippen LogP contribution in [0, 0.1) is 0 Å². The van der Waals surface area contributed by atoms with Gasteiger partial charge in [-0.05, 0) is 38.1 Å². The summed E-state index contributed by atoms with van der Waals surface area (Å²) in [4.78, 5) is 0. The molecule has 0 amide bonds. The molecular formula is C12H18ClNO2. The van der Waals surface area contributed by atoms with Crippen LogP contribution in [0.1, 0.15) is 12.5 Å². The summed E-state index contributed by atoms with van der Waals surface area (Å²) < 4.78 is 11.0. The first-order valence-corrected chi connectivity index (χ1v) is 5.35. The molecule has 16 heavy (non-hydrogen) atoms. The molecule has 0 aromatic heterocycles. The van der Waals surface area contributed by atoms with Crippen LogP contribution in [0.15, 0.2) is 18.2 Å². The fraction of sp³-hybridized carbons (Fsp3) is 0.500. The zero-order valence-corrected chi connectivity index (χ0v) is 10.5. The molecule has 1 aromatic carbocycles. The summed E-state index contributed by atoms with van der Waals surface area (Å²) in [6.07, 6.45) is 1.01. The molecule has 90 valence electrons.